The molecule has 2 aliphatic rings. The minimum Gasteiger partial charge on any atom is -0.310 e. The number of rotatable bonds is 4. The van der Waals surface area contributed by atoms with Crippen molar-refractivity contribution in [3.63, 3.8) is 0 Å². The van der Waals surface area contributed by atoms with Crippen molar-refractivity contribution < 1.29 is 0 Å². The maximum Gasteiger partial charge on any atom is 0.240 e. The van der Waals surface area contributed by atoms with E-state index in [1.165, 1.54) is 28.6 Å². The smallest absolute Gasteiger partial charge is 0.240 e. The van der Waals surface area contributed by atoms with Gasteiger partial charge < -0.3 is 4.57 Å². The first-order valence-corrected chi connectivity index (χ1v) is 18.0. The van der Waals surface area contributed by atoms with Crippen molar-refractivity contribution in [3.05, 3.63) is 163 Å². The lowest BCUT2D eigenvalue weighted by Gasteiger charge is -2.13. The number of hydrogen-bond donors (Lipinski definition) is 0. The zero-order valence-corrected chi connectivity index (χ0v) is 28.1. The van der Waals surface area contributed by atoms with Gasteiger partial charge in [0.15, 0.2) is 5.82 Å². The van der Waals surface area contributed by atoms with Gasteiger partial charge in [-0.1, -0.05) is 109 Å². The van der Waals surface area contributed by atoms with E-state index in [0.717, 1.165) is 54.9 Å². The lowest BCUT2D eigenvalue weighted by atomic mass is 10.0. The van der Waals surface area contributed by atoms with Gasteiger partial charge in [-0.15, -0.1) is 0 Å². The molecule has 0 bridgehead atoms. The van der Waals surface area contributed by atoms with E-state index in [2.05, 4.69) is 153 Å². The molecule has 0 N–H and O–H groups in total. The number of para-hydroxylation sites is 4. The summed E-state index contributed by atoms with van der Waals surface area (Å²) in [6, 6.07) is 51.5. The summed E-state index contributed by atoms with van der Waals surface area (Å²) in [4.78, 5) is 15.7. The average Bonchev–Trinajstić information content (AvgIpc) is 3.67. The van der Waals surface area contributed by atoms with E-state index in [1.807, 2.05) is 18.2 Å². The number of hydrogen-bond acceptors (Lipinski definition) is 3. The highest BCUT2D eigenvalue weighted by atomic mass is 15.3. The summed E-state index contributed by atoms with van der Waals surface area (Å²) >= 11 is 0. The zero-order valence-electron chi connectivity index (χ0n) is 28.1. The molecule has 0 aliphatic heterocycles. The molecule has 1 fully saturated rings. The second-order valence-electron chi connectivity index (χ2n) is 14.1. The fourth-order valence-corrected chi connectivity index (χ4v) is 8.81. The fraction of sp³-hybridized carbons (Fsp3) is 0.0652. The molecular weight excluding hydrogens is 637 g/mol. The molecule has 52 heavy (non-hydrogen) atoms. The van der Waals surface area contributed by atoms with Crippen molar-refractivity contribution in [1.82, 2.24) is 28.7 Å². The van der Waals surface area contributed by atoms with Gasteiger partial charge in [0.25, 0.3) is 0 Å². The molecule has 0 radical (unpaired) electrons. The second-order valence-corrected chi connectivity index (χ2v) is 14.1. The van der Waals surface area contributed by atoms with Crippen molar-refractivity contribution >= 4 is 60.6 Å². The van der Waals surface area contributed by atoms with Crippen LogP contribution in [0.1, 0.15) is 23.6 Å². The van der Waals surface area contributed by atoms with Crippen molar-refractivity contribution in [3.8, 4) is 29.0 Å². The van der Waals surface area contributed by atoms with Gasteiger partial charge in [-0.2, -0.15) is 15.0 Å². The van der Waals surface area contributed by atoms with Crippen LogP contribution >= 0.6 is 0 Å². The molecule has 2 unspecified atom stereocenters. The van der Waals surface area contributed by atoms with E-state index >= 15 is 0 Å². The fourth-order valence-electron chi connectivity index (χ4n) is 8.81. The van der Waals surface area contributed by atoms with Gasteiger partial charge in [-0.25, -0.2) is 0 Å². The highest BCUT2D eigenvalue weighted by molar-refractivity contribution is 6.10. The molecule has 0 amide bonds. The first-order chi connectivity index (χ1) is 25.8. The van der Waals surface area contributed by atoms with Crippen LogP contribution in [0.2, 0.25) is 0 Å². The molecule has 0 spiro atoms. The van der Waals surface area contributed by atoms with Gasteiger partial charge in [0.2, 0.25) is 11.9 Å². The SMILES string of the molecule is C1=CC2CC2c2c1n(-c1ccc3c(c1)c1ccccc1n3-c1nc(-c3ccccc3)nc(-n3c4ccccc4c4ccccc43)n1)c1ccccc21. The van der Waals surface area contributed by atoms with E-state index in [1.54, 1.807) is 0 Å². The Morgan fingerprint density at radius 3 is 1.62 bits per heavy atom. The molecule has 6 heteroatoms. The van der Waals surface area contributed by atoms with Gasteiger partial charge in [0.1, 0.15) is 0 Å². The molecule has 4 aromatic heterocycles. The Bertz CT molecular complexity index is 3070. The van der Waals surface area contributed by atoms with E-state index in [4.69, 9.17) is 15.0 Å². The Kier molecular flexibility index (Phi) is 5.58. The highest BCUT2D eigenvalue weighted by Crippen LogP contribution is 2.56. The second kappa shape index (κ2) is 10.4. The molecule has 2 atom stereocenters. The predicted molar refractivity (Wildman–Crippen MR) is 211 cm³/mol. The lowest BCUT2D eigenvalue weighted by Crippen LogP contribution is -2.10. The molecule has 1 saturated carbocycles. The summed E-state index contributed by atoms with van der Waals surface area (Å²) in [5, 5.41) is 6.01. The number of nitrogens with zero attached hydrogens (tertiary/aromatic N) is 6. The maximum absolute atomic E-state index is 5.32. The quantitative estimate of drug-likeness (QED) is 0.188. The standard InChI is InChI=1S/C46H30N6/c1-2-12-28(13-3-1)44-47-45(51-37-18-8-4-14-31(37)32-15-5-9-19-38(32)51)49-46(48-44)52-39-20-10-6-16-33(39)36-27-30(23-25-41(36)52)50-40-21-11-7-17-34(40)43-35-26-29(35)22-24-42(43)50/h1-25,27,29,35H,26H2. The van der Waals surface area contributed by atoms with Crippen LogP contribution in [0.15, 0.2) is 152 Å². The van der Waals surface area contributed by atoms with Gasteiger partial charge in [-0.05, 0) is 72.4 Å². The lowest BCUT2D eigenvalue weighted by molar-refractivity contribution is 0.892. The summed E-state index contributed by atoms with van der Waals surface area (Å²) in [7, 11) is 0. The Hall–Kier alpha value is -6.79. The van der Waals surface area contributed by atoms with E-state index in [0.29, 0.717) is 29.6 Å². The average molecular weight is 667 g/mol. The predicted octanol–water partition coefficient (Wildman–Crippen LogP) is 10.8. The third-order valence-corrected chi connectivity index (χ3v) is 11.2. The van der Waals surface area contributed by atoms with Gasteiger partial charge >= 0.3 is 0 Å². The van der Waals surface area contributed by atoms with Crippen LogP contribution in [-0.4, -0.2) is 28.7 Å². The number of benzene rings is 6. The molecule has 12 rings (SSSR count). The van der Waals surface area contributed by atoms with Gasteiger partial charge in [-0.3, -0.25) is 9.13 Å². The largest absolute Gasteiger partial charge is 0.310 e. The topological polar surface area (TPSA) is 53.5 Å². The summed E-state index contributed by atoms with van der Waals surface area (Å²) < 4.78 is 6.84. The van der Waals surface area contributed by atoms with Crippen molar-refractivity contribution in [2.45, 2.75) is 12.3 Å². The maximum atomic E-state index is 5.32. The molecule has 6 aromatic carbocycles. The Morgan fingerprint density at radius 2 is 0.981 bits per heavy atom. The number of aromatic nitrogens is 6. The highest BCUT2D eigenvalue weighted by Gasteiger charge is 2.42. The molecule has 10 aromatic rings. The molecule has 244 valence electrons. The molecule has 2 aliphatic carbocycles. The van der Waals surface area contributed by atoms with Gasteiger partial charge in [0.05, 0.1) is 33.3 Å². The minimum absolute atomic E-state index is 0.580. The third kappa shape index (κ3) is 3.86. The number of allylic oxidation sites excluding steroid dienone is 1. The van der Waals surface area contributed by atoms with Crippen LogP contribution in [0.4, 0.5) is 0 Å². The summed E-state index contributed by atoms with van der Waals surface area (Å²) in [5.74, 6) is 3.10. The Labute approximate surface area is 298 Å². The first-order valence-electron chi connectivity index (χ1n) is 18.0. The summed E-state index contributed by atoms with van der Waals surface area (Å²) in [5.41, 5.74) is 10.4. The van der Waals surface area contributed by atoms with Crippen LogP contribution in [0.3, 0.4) is 0 Å². The van der Waals surface area contributed by atoms with Crippen molar-refractivity contribution in [2.24, 2.45) is 5.92 Å². The van der Waals surface area contributed by atoms with Crippen LogP contribution in [0.25, 0.3) is 89.6 Å². The van der Waals surface area contributed by atoms with Crippen LogP contribution in [-0.2, 0) is 0 Å². The molecule has 6 nitrogen and oxygen atoms in total. The first kappa shape index (κ1) is 28.0. The van der Waals surface area contributed by atoms with E-state index in [-0.39, 0.29) is 0 Å². The van der Waals surface area contributed by atoms with E-state index in [9.17, 15) is 0 Å². The Balaban J connectivity index is 1.13. The van der Waals surface area contributed by atoms with Gasteiger partial charge in [0, 0.05) is 38.2 Å². The number of fused-ring (bicyclic) bond motifs is 11. The molecular formula is C46H30N6. The van der Waals surface area contributed by atoms with Crippen LogP contribution in [0.5, 0.6) is 0 Å². The summed E-state index contributed by atoms with van der Waals surface area (Å²) in [6.07, 6.45) is 6.01. The third-order valence-electron chi connectivity index (χ3n) is 11.2. The van der Waals surface area contributed by atoms with Crippen molar-refractivity contribution in [1.29, 1.82) is 0 Å². The molecule has 4 heterocycles. The van der Waals surface area contributed by atoms with Crippen LogP contribution in [0, 0.1) is 5.92 Å². The zero-order chi connectivity index (χ0) is 33.9. The summed E-state index contributed by atoms with van der Waals surface area (Å²) in [6.45, 7) is 0. The van der Waals surface area contributed by atoms with E-state index < -0.39 is 0 Å². The Morgan fingerprint density at radius 1 is 0.462 bits per heavy atom. The normalized spacial score (nSPS) is 16.3. The minimum atomic E-state index is 0.580. The van der Waals surface area contributed by atoms with Crippen LogP contribution < -0.4 is 0 Å². The molecule has 0 saturated heterocycles. The monoisotopic (exact) mass is 666 g/mol. The van der Waals surface area contributed by atoms with Crippen molar-refractivity contribution in [2.75, 3.05) is 0 Å².